The quantitative estimate of drug-likeness (QED) is 0.239. The zero-order chi connectivity index (χ0) is 37.2. The summed E-state index contributed by atoms with van der Waals surface area (Å²) in [5, 5.41) is 4.95. The zero-order valence-electron chi connectivity index (χ0n) is 29.7. The van der Waals surface area contributed by atoms with E-state index in [2.05, 4.69) is 15.1 Å². The first kappa shape index (κ1) is 34.2. The summed E-state index contributed by atoms with van der Waals surface area (Å²) in [4.78, 5) is 37.2. The topological polar surface area (TPSA) is 126 Å². The van der Waals surface area contributed by atoms with Crippen molar-refractivity contribution in [3.05, 3.63) is 84.0 Å². The highest BCUT2D eigenvalue weighted by Crippen LogP contribution is 2.37. The molecule has 1 amide bonds. The van der Waals surface area contributed by atoms with Crippen molar-refractivity contribution in [3.63, 3.8) is 0 Å². The number of fused-ring (bicyclic) bond motifs is 6. The molecule has 7 heterocycles. The lowest BCUT2D eigenvalue weighted by molar-refractivity contribution is -0.133. The molecule has 2 fully saturated rings. The van der Waals surface area contributed by atoms with Gasteiger partial charge in [0.05, 0.1) is 60.9 Å². The summed E-state index contributed by atoms with van der Waals surface area (Å²) >= 11 is 0. The summed E-state index contributed by atoms with van der Waals surface area (Å²) in [5.74, 6) is -0.386. The van der Waals surface area contributed by atoms with Crippen molar-refractivity contribution in [2.45, 2.75) is 51.0 Å². The summed E-state index contributed by atoms with van der Waals surface area (Å²) < 4.78 is 65.7. The van der Waals surface area contributed by atoms with Gasteiger partial charge in [-0.3, -0.25) is 4.79 Å². The molecule has 16 heteroatoms. The molecule has 3 aliphatic rings. The highest BCUT2D eigenvalue weighted by Gasteiger charge is 2.42. The first-order valence-corrected chi connectivity index (χ1v) is 17.9. The van der Waals surface area contributed by atoms with Crippen molar-refractivity contribution in [3.8, 4) is 22.7 Å². The number of pyridine rings is 1. The maximum absolute atomic E-state index is 15.1. The van der Waals surface area contributed by atoms with Crippen LogP contribution in [0.4, 0.5) is 19.0 Å². The average Bonchev–Trinajstić information content (AvgIpc) is 3.81. The summed E-state index contributed by atoms with van der Waals surface area (Å²) in [5.41, 5.74) is 2.89. The minimum absolute atomic E-state index is 0.0167. The maximum Gasteiger partial charge on any atom is 0.245 e. The minimum Gasteiger partial charge on any atom is -0.472 e. The van der Waals surface area contributed by atoms with Crippen LogP contribution in [0, 0.1) is 24.4 Å². The van der Waals surface area contributed by atoms with Crippen molar-refractivity contribution >= 4 is 33.8 Å². The fourth-order valence-corrected chi connectivity index (χ4v) is 7.73. The SMILES string of the molecule is CCO[C@H]1CN(C)C(=O)[C@@H]2CC(CN2c2nc(C3COC3)nc3c2cnn3-c2ccc(F)cc2F)Oc2cc(ccn2)-c2cc(F)cc3nc(C)n(c23)C1. The Morgan fingerprint density at radius 1 is 0.981 bits per heavy atom. The standard InChI is InChI=1S/C38H36F3N9O4/c1-4-53-26-15-47(3)38(51)32-13-25(54-33-9-21(7-8-42-33)27-10-24(40)12-30-34(27)48(17-26)20(2)44-30)16-49(32)36-28-14-43-50(31-6-5-23(39)11-29(31)41)37(28)46-35(45-36)22-18-52-19-22/h5-12,14,22,25-26,32H,4,13,15-19H2,1-3H3/t25?,26-,32-/m0/s1. The van der Waals surface area contributed by atoms with Gasteiger partial charge in [-0.2, -0.15) is 5.10 Å². The second-order valence-electron chi connectivity index (χ2n) is 13.9. The summed E-state index contributed by atoms with van der Waals surface area (Å²) in [7, 11) is 1.74. The van der Waals surface area contributed by atoms with Gasteiger partial charge < -0.3 is 28.6 Å². The third kappa shape index (κ3) is 5.89. The highest BCUT2D eigenvalue weighted by molar-refractivity contribution is 5.94. The number of amides is 1. The molecule has 0 saturated carbocycles. The molecule has 2 saturated heterocycles. The van der Waals surface area contributed by atoms with E-state index < -0.39 is 35.7 Å². The van der Waals surface area contributed by atoms with Crippen molar-refractivity contribution in [2.24, 2.45) is 0 Å². The van der Waals surface area contributed by atoms with Crippen molar-refractivity contribution in [1.29, 1.82) is 0 Å². The number of nitrogens with zero attached hydrogens (tertiary/aromatic N) is 9. The monoisotopic (exact) mass is 739 g/mol. The summed E-state index contributed by atoms with van der Waals surface area (Å²) in [6.45, 7) is 5.82. The van der Waals surface area contributed by atoms with E-state index in [1.807, 2.05) is 23.3 Å². The van der Waals surface area contributed by atoms with Gasteiger partial charge in [0.15, 0.2) is 11.5 Å². The Labute approximate surface area is 307 Å². The predicted molar refractivity (Wildman–Crippen MR) is 191 cm³/mol. The first-order valence-electron chi connectivity index (χ1n) is 17.9. The molecule has 13 nitrogen and oxygen atoms in total. The molecule has 2 aromatic carbocycles. The van der Waals surface area contributed by atoms with Gasteiger partial charge in [0.1, 0.15) is 46.9 Å². The lowest BCUT2D eigenvalue weighted by Crippen LogP contribution is -2.47. The fourth-order valence-electron chi connectivity index (χ4n) is 7.73. The number of rotatable bonds is 5. The maximum atomic E-state index is 15.1. The van der Waals surface area contributed by atoms with Crippen LogP contribution in [0.15, 0.2) is 54.9 Å². The fraction of sp³-hybridized carbons (Fsp3) is 0.368. The molecule has 3 atom stereocenters. The largest absolute Gasteiger partial charge is 0.472 e. The van der Waals surface area contributed by atoms with Crippen LogP contribution in [0.5, 0.6) is 5.88 Å². The Balaban J connectivity index is 1.17. The first-order chi connectivity index (χ1) is 26.1. The number of hydrogen-bond acceptors (Lipinski definition) is 10. The van der Waals surface area contributed by atoms with Crippen LogP contribution in [0.1, 0.15) is 30.9 Å². The van der Waals surface area contributed by atoms with E-state index in [1.165, 1.54) is 29.1 Å². The summed E-state index contributed by atoms with van der Waals surface area (Å²) in [6.07, 6.45) is 2.48. The average molecular weight is 740 g/mol. The van der Waals surface area contributed by atoms with E-state index in [1.54, 1.807) is 30.3 Å². The molecule has 278 valence electrons. The van der Waals surface area contributed by atoms with Crippen molar-refractivity contribution in [2.75, 3.05) is 44.9 Å². The number of halogens is 3. The lowest BCUT2D eigenvalue weighted by atomic mass is 10.0. The number of carbonyl (C=O) groups is 1. The van der Waals surface area contributed by atoms with Gasteiger partial charge >= 0.3 is 0 Å². The van der Waals surface area contributed by atoms with Crippen LogP contribution in [0.2, 0.25) is 0 Å². The third-order valence-corrected chi connectivity index (χ3v) is 10.4. The van der Waals surface area contributed by atoms with E-state index in [-0.39, 0.29) is 37.0 Å². The highest BCUT2D eigenvalue weighted by atomic mass is 19.1. The van der Waals surface area contributed by atoms with Crippen LogP contribution in [0.3, 0.4) is 0 Å². The number of likely N-dealkylation sites (N-methyl/N-ethyl adjacent to an activating group) is 1. The molecule has 4 aromatic heterocycles. The van der Waals surface area contributed by atoms with Crippen LogP contribution in [0.25, 0.3) is 38.9 Å². The number of aromatic nitrogens is 7. The van der Waals surface area contributed by atoms with Crippen molar-refractivity contribution < 1.29 is 32.2 Å². The predicted octanol–water partition coefficient (Wildman–Crippen LogP) is 4.97. The van der Waals surface area contributed by atoms with E-state index >= 15 is 8.78 Å². The molecule has 9 rings (SSSR count). The number of anilines is 1. The van der Waals surface area contributed by atoms with Crippen LogP contribution in [-0.2, 0) is 20.8 Å². The van der Waals surface area contributed by atoms with Crippen LogP contribution >= 0.6 is 0 Å². The Hall–Kier alpha value is -5.61. The molecule has 0 N–H and O–H groups in total. The van der Waals surface area contributed by atoms with Gasteiger partial charge in [0.2, 0.25) is 11.8 Å². The molecule has 4 bridgehead atoms. The van der Waals surface area contributed by atoms with Gasteiger partial charge in [0.25, 0.3) is 0 Å². The van der Waals surface area contributed by atoms with Gasteiger partial charge in [-0.15, -0.1) is 0 Å². The van der Waals surface area contributed by atoms with Gasteiger partial charge in [-0.05, 0) is 43.7 Å². The molecule has 3 aliphatic heterocycles. The molecular weight excluding hydrogens is 703 g/mol. The lowest BCUT2D eigenvalue weighted by Gasteiger charge is -2.32. The summed E-state index contributed by atoms with van der Waals surface area (Å²) in [6, 6.07) is 8.99. The Bertz CT molecular complexity index is 2430. The molecule has 0 radical (unpaired) electrons. The number of imidazole rings is 1. The Kier molecular flexibility index (Phi) is 8.45. The number of carbonyl (C=O) groups excluding carboxylic acids is 1. The van der Waals surface area contributed by atoms with Crippen LogP contribution in [-0.4, -0.2) is 103 Å². The Morgan fingerprint density at radius 3 is 2.61 bits per heavy atom. The normalized spacial score (nSPS) is 20.6. The molecule has 6 aromatic rings. The second kappa shape index (κ2) is 13.4. The van der Waals surface area contributed by atoms with Crippen LogP contribution < -0.4 is 9.64 Å². The molecule has 0 aliphatic carbocycles. The van der Waals surface area contributed by atoms with Gasteiger partial charge in [-0.1, -0.05) is 0 Å². The number of benzene rings is 2. The number of aryl methyl sites for hydroxylation is 1. The molecule has 54 heavy (non-hydrogen) atoms. The van der Waals surface area contributed by atoms with E-state index in [4.69, 9.17) is 24.2 Å². The van der Waals surface area contributed by atoms with E-state index in [0.717, 1.165) is 17.6 Å². The van der Waals surface area contributed by atoms with Gasteiger partial charge in [-0.25, -0.2) is 37.8 Å². The molecule has 1 unspecified atom stereocenters. The Morgan fingerprint density at radius 2 is 1.83 bits per heavy atom. The van der Waals surface area contributed by atoms with E-state index in [9.17, 15) is 9.18 Å². The zero-order valence-corrected chi connectivity index (χ0v) is 29.7. The molecule has 0 spiro atoms. The smallest absolute Gasteiger partial charge is 0.245 e. The number of ether oxygens (including phenoxy) is 3. The number of hydrogen-bond donors (Lipinski definition) is 0. The van der Waals surface area contributed by atoms with Crippen molar-refractivity contribution in [1.82, 2.24) is 39.2 Å². The third-order valence-electron chi connectivity index (χ3n) is 10.4. The van der Waals surface area contributed by atoms with Gasteiger partial charge in [0, 0.05) is 56.6 Å². The van der Waals surface area contributed by atoms with E-state index in [0.29, 0.717) is 77.4 Å². The minimum atomic E-state index is -0.804. The molecular formula is C38H36F3N9O4. The second-order valence-corrected chi connectivity index (χ2v) is 13.9.